The maximum atomic E-state index is 11.8. The number of nitrogens with one attached hydrogen (secondary N) is 1. The number of carbonyl (C=O) groups is 1. The third-order valence-electron chi connectivity index (χ3n) is 5.79. The zero-order valence-corrected chi connectivity index (χ0v) is 17.7. The molecule has 5 rings (SSSR count). The zero-order valence-electron chi connectivity index (χ0n) is 17.7. The van der Waals surface area contributed by atoms with Gasteiger partial charge in [0, 0.05) is 49.2 Å². The van der Waals surface area contributed by atoms with Crippen molar-refractivity contribution in [3.05, 3.63) is 66.4 Å². The van der Waals surface area contributed by atoms with Gasteiger partial charge < -0.3 is 19.7 Å². The molecule has 2 N–H and O–H groups in total. The largest absolute Gasteiger partial charge is 0.455 e. The SMILES string of the molecule is CC(=O)N1CCC(c2nc(CO)ccc2Oc2ccc3[nH]c(-c4cnccn4)cc3c2)C1. The lowest BCUT2D eigenvalue weighted by atomic mass is 10.0. The van der Waals surface area contributed by atoms with E-state index in [1.165, 1.54) is 0 Å². The number of benzene rings is 1. The number of aromatic nitrogens is 4. The Morgan fingerprint density at radius 3 is 2.91 bits per heavy atom. The van der Waals surface area contributed by atoms with Gasteiger partial charge in [-0.05, 0) is 42.8 Å². The van der Waals surface area contributed by atoms with E-state index in [1.54, 1.807) is 31.6 Å². The Kier molecular flexibility index (Phi) is 5.28. The minimum Gasteiger partial charge on any atom is -0.455 e. The Hall–Kier alpha value is -3.78. The van der Waals surface area contributed by atoms with Crippen molar-refractivity contribution in [2.75, 3.05) is 13.1 Å². The molecular weight excluding hydrogens is 406 g/mol. The molecule has 1 aromatic carbocycles. The summed E-state index contributed by atoms with van der Waals surface area (Å²) in [5, 5.41) is 10.6. The molecule has 32 heavy (non-hydrogen) atoms. The van der Waals surface area contributed by atoms with E-state index in [0.29, 0.717) is 30.3 Å². The standard InChI is InChI=1S/C24H23N5O3/c1-15(31)29-9-6-16(13-29)24-23(5-2-18(14-30)27-24)32-19-3-4-20-17(10-19)11-21(28-20)22-12-25-7-8-26-22/h2-5,7-8,10-12,16,28,30H,6,9,13-14H2,1H3. The first-order valence-corrected chi connectivity index (χ1v) is 10.5. The Labute approximate surface area is 184 Å². The van der Waals surface area contributed by atoms with E-state index < -0.39 is 0 Å². The molecule has 1 fully saturated rings. The predicted octanol–water partition coefficient (Wildman–Crippen LogP) is 3.64. The summed E-state index contributed by atoms with van der Waals surface area (Å²) in [7, 11) is 0. The van der Waals surface area contributed by atoms with Crippen LogP contribution in [0.15, 0.2) is 55.0 Å². The van der Waals surface area contributed by atoms with Gasteiger partial charge in [-0.2, -0.15) is 0 Å². The molecule has 4 heterocycles. The normalized spacial score (nSPS) is 15.9. The smallest absolute Gasteiger partial charge is 0.219 e. The van der Waals surface area contributed by atoms with E-state index in [-0.39, 0.29) is 18.4 Å². The van der Waals surface area contributed by atoms with Gasteiger partial charge in [-0.1, -0.05) is 0 Å². The fraction of sp³-hybridized carbons (Fsp3) is 0.250. The molecule has 1 amide bonds. The number of likely N-dealkylation sites (tertiary alicyclic amines) is 1. The highest BCUT2D eigenvalue weighted by Gasteiger charge is 2.29. The first-order chi connectivity index (χ1) is 15.6. The van der Waals surface area contributed by atoms with Crippen molar-refractivity contribution in [2.24, 2.45) is 0 Å². The van der Waals surface area contributed by atoms with Crippen molar-refractivity contribution < 1.29 is 14.6 Å². The second kappa shape index (κ2) is 8.39. The minimum atomic E-state index is -0.142. The number of H-pyrrole nitrogens is 1. The highest BCUT2D eigenvalue weighted by atomic mass is 16.5. The Balaban J connectivity index is 1.45. The molecule has 4 aromatic rings. The van der Waals surface area contributed by atoms with Crippen LogP contribution >= 0.6 is 0 Å². The Morgan fingerprint density at radius 1 is 1.25 bits per heavy atom. The highest BCUT2D eigenvalue weighted by molar-refractivity contribution is 5.86. The van der Waals surface area contributed by atoms with E-state index in [1.807, 2.05) is 35.2 Å². The Bertz CT molecular complexity index is 1270. The lowest BCUT2D eigenvalue weighted by Crippen LogP contribution is -2.25. The van der Waals surface area contributed by atoms with Gasteiger partial charge in [0.1, 0.15) is 17.2 Å². The van der Waals surface area contributed by atoms with Crippen molar-refractivity contribution in [2.45, 2.75) is 25.9 Å². The quantitative estimate of drug-likeness (QED) is 0.502. The summed E-state index contributed by atoms with van der Waals surface area (Å²) in [6.45, 7) is 2.74. The molecule has 0 radical (unpaired) electrons. The summed E-state index contributed by atoms with van der Waals surface area (Å²) >= 11 is 0. The van der Waals surface area contributed by atoms with Gasteiger partial charge in [0.25, 0.3) is 0 Å². The number of aromatic amines is 1. The first-order valence-electron chi connectivity index (χ1n) is 10.5. The summed E-state index contributed by atoms with van der Waals surface area (Å²) < 4.78 is 6.25. The molecule has 1 aliphatic rings. The predicted molar refractivity (Wildman–Crippen MR) is 119 cm³/mol. The van der Waals surface area contributed by atoms with Crippen LogP contribution < -0.4 is 4.74 Å². The van der Waals surface area contributed by atoms with Gasteiger partial charge in [-0.15, -0.1) is 0 Å². The number of nitrogens with zero attached hydrogens (tertiary/aromatic N) is 4. The molecule has 162 valence electrons. The van der Waals surface area contributed by atoms with E-state index >= 15 is 0 Å². The molecule has 8 heteroatoms. The average Bonchev–Trinajstić information content (AvgIpc) is 3.47. The van der Waals surface area contributed by atoms with E-state index in [4.69, 9.17) is 4.74 Å². The molecule has 0 spiro atoms. The fourth-order valence-corrected chi connectivity index (χ4v) is 4.12. The summed E-state index contributed by atoms with van der Waals surface area (Å²) in [6, 6.07) is 11.5. The second-order valence-corrected chi connectivity index (χ2v) is 7.92. The zero-order chi connectivity index (χ0) is 22.1. The van der Waals surface area contributed by atoms with Crippen LogP contribution in [-0.2, 0) is 11.4 Å². The molecule has 1 aliphatic heterocycles. The van der Waals surface area contributed by atoms with E-state index in [2.05, 4.69) is 19.9 Å². The third kappa shape index (κ3) is 3.92. The number of rotatable bonds is 5. The van der Waals surface area contributed by atoms with Gasteiger partial charge in [-0.25, -0.2) is 0 Å². The van der Waals surface area contributed by atoms with Crippen LogP contribution in [0.4, 0.5) is 0 Å². The highest BCUT2D eigenvalue weighted by Crippen LogP contribution is 2.36. The molecule has 1 saturated heterocycles. The lowest BCUT2D eigenvalue weighted by molar-refractivity contribution is -0.127. The number of aliphatic hydroxyl groups excluding tert-OH is 1. The van der Waals surface area contributed by atoms with Crippen molar-refractivity contribution in [3.63, 3.8) is 0 Å². The monoisotopic (exact) mass is 429 g/mol. The summed E-state index contributed by atoms with van der Waals surface area (Å²) in [4.78, 5) is 30.1. The van der Waals surface area contributed by atoms with Crippen LogP contribution in [0.2, 0.25) is 0 Å². The van der Waals surface area contributed by atoms with Crippen LogP contribution in [0.5, 0.6) is 11.5 Å². The number of hydrogen-bond donors (Lipinski definition) is 2. The fourth-order valence-electron chi connectivity index (χ4n) is 4.12. The van der Waals surface area contributed by atoms with Gasteiger partial charge in [-0.3, -0.25) is 19.7 Å². The molecule has 0 bridgehead atoms. The average molecular weight is 429 g/mol. The van der Waals surface area contributed by atoms with Crippen LogP contribution in [0.1, 0.15) is 30.7 Å². The molecule has 0 aliphatic carbocycles. The van der Waals surface area contributed by atoms with Crippen molar-refractivity contribution in [1.82, 2.24) is 24.8 Å². The number of amides is 1. The van der Waals surface area contributed by atoms with Crippen LogP contribution in [0.25, 0.3) is 22.3 Å². The van der Waals surface area contributed by atoms with Crippen LogP contribution in [0.3, 0.4) is 0 Å². The molecule has 0 saturated carbocycles. The topological polar surface area (TPSA) is 104 Å². The van der Waals surface area contributed by atoms with Crippen molar-refractivity contribution >= 4 is 16.8 Å². The molecule has 3 aromatic heterocycles. The van der Waals surface area contributed by atoms with Crippen LogP contribution in [-0.4, -0.2) is 48.9 Å². The van der Waals surface area contributed by atoms with Gasteiger partial charge in [0.05, 0.1) is 29.9 Å². The van der Waals surface area contributed by atoms with E-state index in [9.17, 15) is 9.90 Å². The number of carbonyl (C=O) groups excluding carboxylic acids is 1. The van der Waals surface area contributed by atoms with Gasteiger partial charge in [0.15, 0.2) is 0 Å². The van der Waals surface area contributed by atoms with Crippen LogP contribution in [0, 0.1) is 0 Å². The van der Waals surface area contributed by atoms with E-state index in [0.717, 1.165) is 34.4 Å². The maximum absolute atomic E-state index is 11.8. The third-order valence-corrected chi connectivity index (χ3v) is 5.79. The van der Waals surface area contributed by atoms with Gasteiger partial charge >= 0.3 is 0 Å². The number of pyridine rings is 1. The summed E-state index contributed by atoms with van der Waals surface area (Å²) in [6.07, 6.45) is 5.84. The maximum Gasteiger partial charge on any atom is 0.219 e. The number of aliphatic hydroxyl groups is 1. The number of ether oxygens (including phenoxy) is 1. The van der Waals surface area contributed by atoms with Crippen molar-refractivity contribution in [1.29, 1.82) is 0 Å². The Morgan fingerprint density at radius 2 is 2.16 bits per heavy atom. The molecule has 1 atom stereocenters. The first kappa shape index (κ1) is 20.1. The molecule has 8 nitrogen and oxygen atoms in total. The minimum absolute atomic E-state index is 0.0603. The second-order valence-electron chi connectivity index (χ2n) is 7.92. The molecular formula is C24H23N5O3. The number of hydrogen-bond acceptors (Lipinski definition) is 6. The van der Waals surface area contributed by atoms with Crippen molar-refractivity contribution in [3.8, 4) is 22.9 Å². The molecule has 1 unspecified atom stereocenters. The summed E-state index contributed by atoms with van der Waals surface area (Å²) in [5.74, 6) is 1.45. The summed E-state index contributed by atoms with van der Waals surface area (Å²) in [5.41, 5.74) is 3.99. The van der Waals surface area contributed by atoms with Gasteiger partial charge in [0.2, 0.25) is 5.91 Å². The lowest BCUT2D eigenvalue weighted by Gasteiger charge is -2.17. The number of fused-ring (bicyclic) bond motifs is 1.